The van der Waals surface area contributed by atoms with Crippen molar-refractivity contribution in [2.45, 2.75) is 13.0 Å². The molecule has 0 bridgehead atoms. The molecule has 0 radical (unpaired) electrons. The molecular formula is C22H22ClF2N3OS. The smallest absolute Gasteiger partial charge is 0.227 e. The molecule has 4 nitrogen and oxygen atoms in total. The van der Waals surface area contributed by atoms with E-state index >= 15 is 0 Å². The van der Waals surface area contributed by atoms with Gasteiger partial charge in [0, 0.05) is 37.1 Å². The highest BCUT2D eigenvalue weighted by molar-refractivity contribution is 7.09. The molecule has 1 saturated heterocycles. The van der Waals surface area contributed by atoms with Crippen molar-refractivity contribution in [3.63, 3.8) is 0 Å². The number of carbonyl (C=O) groups is 1. The monoisotopic (exact) mass is 449 g/mol. The standard InChI is InChI=1S/C22H21F2N3OS.ClH/c23-18-5-1-16(2-6-18)13-22(28)27-11-9-26(10-12-27)14-21-25-20(15-29-21)17-3-7-19(24)8-4-17;/h1-8,15H,9-14H2;1H. The predicted molar refractivity (Wildman–Crippen MR) is 117 cm³/mol. The Morgan fingerprint density at radius 3 is 2.17 bits per heavy atom. The van der Waals surface area contributed by atoms with Gasteiger partial charge in [-0.2, -0.15) is 0 Å². The number of hydrogen-bond donors (Lipinski definition) is 0. The van der Waals surface area contributed by atoms with Gasteiger partial charge in [0.2, 0.25) is 5.91 Å². The fourth-order valence-electron chi connectivity index (χ4n) is 3.37. The third-order valence-corrected chi connectivity index (χ3v) is 5.88. The summed E-state index contributed by atoms with van der Waals surface area (Å²) < 4.78 is 26.1. The minimum Gasteiger partial charge on any atom is -0.340 e. The van der Waals surface area contributed by atoms with Gasteiger partial charge in [-0.25, -0.2) is 13.8 Å². The molecule has 1 fully saturated rings. The number of aromatic nitrogens is 1. The highest BCUT2D eigenvalue weighted by Crippen LogP contribution is 2.23. The van der Waals surface area contributed by atoms with Gasteiger partial charge in [-0.1, -0.05) is 12.1 Å². The van der Waals surface area contributed by atoms with Crippen molar-refractivity contribution < 1.29 is 13.6 Å². The summed E-state index contributed by atoms with van der Waals surface area (Å²) in [5.41, 5.74) is 2.60. The molecule has 1 aliphatic rings. The summed E-state index contributed by atoms with van der Waals surface area (Å²) in [6.45, 7) is 3.68. The molecule has 8 heteroatoms. The lowest BCUT2D eigenvalue weighted by Gasteiger charge is -2.34. The number of hydrogen-bond acceptors (Lipinski definition) is 4. The number of nitrogens with zero attached hydrogens (tertiary/aromatic N) is 3. The van der Waals surface area contributed by atoms with E-state index < -0.39 is 0 Å². The molecule has 2 heterocycles. The lowest BCUT2D eigenvalue weighted by atomic mass is 10.1. The van der Waals surface area contributed by atoms with Gasteiger partial charge < -0.3 is 4.90 Å². The molecule has 0 aliphatic carbocycles. The van der Waals surface area contributed by atoms with Crippen molar-refractivity contribution in [1.82, 2.24) is 14.8 Å². The fraction of sp³-hybridized carbons (Fsp3) is 0.273. The molecule has 1 aliphatic heterocycles. The van der Waals surface area contributed by atoms with Crippen LogP contribution in [-0.2, 0) is 17.8 Å². The van der Waals surface area contributed by atoms with Crippen molar-refractivity contribution in [2.24, 2.45) is 0 Å². The highest BCUT2D eigenvalue weighted by Gasteiger charge is 2.22. The van der Waals surface area contributed by atoms with Gasteiger partial charge in [0.05, 0.1) is 18.7 Å². The molecule has 0 saturated carbocycles. The second-order valence-corrected chi connectivity index (χ2v) is 8.04. The zero-order chi connectivity index (χ0) is 20.2. The molecule has 2 aromatic carbocycles. The van der Waals surface area contributed by atoms with Crippen LogP contribution in [0.15, 0.2) is 53.9 Å². The lowest BCUT2D eigenvalue weighted by molar-refractivity contribution is -0.132. The molecule has 4 rings (SSSR count). The summed E-state index contributed by atoms with van der Waals surface area (Å²) in [4.78, 5) is 21.3. The van der Waals surface area contributed by atoms with Gasteiger partial charge in [-0.3, -0.25) is 9.69 Å². The summed E-state index contributed by atoms with van der Waals surface area (Å²) in [6, 6.07) is 12.4. The molecule has 0 N–H and O–H groups in total. The maximum atomic E-state index is 13.1. The third kappa shape index (κ3) is 5.62. The molecule has 3 aromatic rings. The van der Waals surface area contributed by atoms with Crippen LogP contribution in [0.2, 0.25) is 0 Å². The summed E-state index contributed by atoms with van der Waals surface area (Å²) in [7, 11) is 0. The van der Waals surface area contributed by atoms with Crippen molar-refractivity contribution in [2.75, 3.05) is 26.2 Å². The van der Waals surface area contributed by atoms with Crippen LogP contribution in [0.4, 0.5) is 8.78 Å². The van der Waals surface area contributed by atoms with Crippen molar-refractivity contribution >= 4 is 29.7 Å². The molecule has 0 unspecified atom stereocenters. The van der Waals surface area contributed by atoms with Gasteiger partial charge in [0.1, 0.15) is 16.6 Å². The van der Waals surface area contributed by atoms with E-state index in [1.165, 1.54) is 24.3 Å². The first-order chi connectivity index (χ1) is 14.1. The zero-order valence-electron chi connectivity index (χ0n) is 16.3. The van der Waals surface area contributed by atoms with Gasteiger partial charge in [0.25, 0.3) is 0 Å². The van der Waals surface area contributed by atoms with E-state index in [0.29, 0.717) is 19.5 Å². The largest absolute Gasteiger partial charge is 0.340 e. The minimum absolute atomic E-state index is 0. The fourth-order valence-corrected chi connectivity index (χ4v) is 4.22. The molecule has 1 aromatic heterocycles. The first-order valence-electron chi connectivity index (χ1n) is 9.52. The molecule has 30 heavy (non-hydrogen) atoms. The first-order valence-corrected chi connectivity index (χ1v) is 10.4. The Kier molecular flexibility index (Phi) is 7.53. The SMILES string of the molecule is Cl.O=C(Cc1ccc(F)cc1)N1CCN(Cc2nc(-c3ccc(F)cc3)cs2)CC1. The van der Waals surface area contributed by atoms with Crippen LogP contribution in [0.3, 0.4) is 0 Å². The Morgan fingerprint density at radius 2 is 1.53 bits per heavy atom. The van der Waals surface area contributed by atoms with E-state index in [4.69, 9.17) is 0 Å². The topological polar surface area (TPSA) is 36.4 Å². The van der Waals surface area contributed by atoms with Gasteiger partial charge in [0.15, 0.2) is 0 Å². The quantitative estimate of drug-likeness (QED) is 0.579. The van der Waals surface area contributed by atoms with Gasteiger partial charge in [-0.05, 0) is 42.0 Å². The average molecular weight is 450 g/mol. The van der Waals surface area contributed by atoms with Crippen LogP contribution in [-0.4, -0.2) is 46.9 Å². The highest BCUT2D eigenvalue weighted by atomic mass is 35.5. The van der Waals surface area contributed by atoms with Crippen LogP contribution < -0.4 is 0 Å². The van der Waals surface area contributed by atoms with Crippen molar-refractivity contribution in [1.29, 1.82) is 0 Å². The number of halogens is 3. The van der Waals surface area contributed by atoms with Crippen LogP contribution in [0.5, 0.6) is 0 Å². The van der Waals surface area contributed by atoms with E-state index in [-0.39, 0.29) is 29.9 Å². The molecule has 0 atom stereocenters. The Hall–Kier alpha value is -2.35. The summed E-state index contributed by atoms with van der Waals surface area (Å²) in [6.07, 6.45) is 0.299. The van der Waals surface area contributed by atoms with Crippen LogP contribution in [0, 0.1) is 11.6 Å². The third-order valence-electron chi connectivity index (χ3n) is 5.04. The molecule has 1 amide bonds. The lowest BCUT2D eigenvalue weighted by Crippen LogP contribution is -2.48. The van der Waals surface area contributed by atoms with E-state index in [1.54, 1.807) is 35.6 Å². The number of amides is 1. The summed E-state index contributed by atoms with van der Waals surface area (Å²) in [5.74, 6) is -0.472. The number of carbonyl (C=O) groups excluding carboxylic acids is 1. The van der Waals surface area contributed by atoms with Crippen LogP contribution >= 0.6 is 23.7 Å². The van der Waals surface area contributed by atoms with E-state index in [1.807, 2.05) is 10.3 Å². The Balaban J connectivity index is 0.00000256. The Labute approximate surface area is 184 Å². The number of benzene rings is 2. The van der Waals surface area contributed by atoms with Gasteiger partial charge in [-0.15, -0.1) is 23.7 Å². The average Bonchev–Trinajstić information content (AvgIpc) is 3.19. The number of thiazole rings is 1. The predicted octanol–water partition coefficient (Wildman–Crippen LogP) is 4.40. The second kappa shape index (κ2) is 10.1. The molecule has 0 spiro atoms. The van der Waals surface area contributed by atoms with Crippen molar-refractivity contribution in [3.05, 3.63) is 76.1 Å². The molecular weight excluding hydrogens is 428 g/mol. The Morgan fingerprint density at radius 1 is 0.933 bits per heavy atom. The normalized spacial score (nSPS) is 14.4. The maximum absolute atomic E-state index is 13.1. The molecule has 158 valence electrons. The first kappa shape index (κ1) is 22.3. The minimum atomic E-state index is -0.292. The van der Waals surface area contributed by atoms with Crippen LogP contribution in [0.25, 0.3) is 11.3 Å². The number of rotatable bonds is 5. The summed E-state index contributed by atoms with van der Waals surface area (Å²) >= 11 is 1.59. The zero-order valence-corrected chi connectivity index (χ0v) is 17.9. The second-order valence-electron chi connectivity index (χ2n) is 7.09. The van der Waals surface area contributed by atoms with E-state index in [9.17, 15) is 13.6 Å². The number of piperazine rings is 1. The van der Waals surface area contributed by atoms with Gasteiger partial charge >= 0.3 is 0 Å². The van der Waals surface area contributed by atoms with E-state index in [0.717, 1.165) is 41.5 Å². The maximum Gasteiger partial charge on any atom is 0.227 e. The van der Waals surface area contributed by atoms with E-state index in [2.05, 4.69) is 9.88 Å². The summed E-state index contributed by atoms with van der Waals surface area (Å²) in [5, 5.41) is 3.00. The van der Waals surface area contributed by atoms with Crippen molar-refractivity contribution in [3.8, 4) is 11.3 Å². The Bertz CT molecular complexity index is 971. The van der Waals surface area contributed by atoms with Crippen LogP contribution in [0.1, 0.15) is 10.6 Å².